The fraction of sp³-hybridized carbons (Fsp3) is 0.278. The van der Waals surface area contributed by atoms with Crippen LogP contribution in [0.15, 0.2) is 53.4 Å². The zero-order valence-corrected chi connectivity index (χ0v) is 15.7. The van der Waals surface area contributed by atoms with Crippen LogP contribution in [0.3, 0.4) is 0 Å². The van der Waals surface area contributed by atoms with Crippen LogP contribution in [0, 0.1) is 0 Å². The van der Waals surface area contributed by atoms with Crippen molar-refractivity contribution in [2.45, 2.75) is 11.0 Å². The van der Waals surface area contributed by atoms with E-state index in [9.17, 15) is 18.3 Å². The first-order valence-electron chi connectivity index (χ1n) is 7.88. The van der Waals surface area contributed by atoms with Gasteiger partial charge in [-0.15, -0.1) is 0 Å². The number of hydrogen-bond donors (Lipinski definition) is 2. The Morgan fingerprint density at radius 3 is 2.19 bits per heavy atom. The maximum Gasteiger partial charge on any atom is 0.337 e. The number of aliphatic hydroxyl groups is 1. The molecule has 0 fully saturated rings. The molecular formula is C18H22N2O5S. The van der Waals surface area contributed by atoms with Crippen LogP contribution in [0.1, 0.15) is 22.0 Å². The summed E-state index contributed by atoms with van der Waals surface area (Å²) in [5.74, 6) is -0.543. The normalized spacial score (nSPS) is 12.5. The second-order valence-corrected chi connectivity index (χ2v) is 7.64. The Hall–Kier alpha value is -2.42. The summed E-state index contributed by atoms with van der Waals surface area (Å²) in [6.07, 6.45) is -0.977. The fourth-order valence-electron chi connectivity index (χ4n) is 2.27. The van der Waals surface area contributed by atoms with Crippen LogP contribution in [0.4, 0.5) is 5.69 Å². The lowest BCUT2D eigenvalue weighted by Gasteiger charge is -2.16. The zero-order chi connectivity index (χ0) is 19.3. The molecule has 7 nitrogen and oxygen atoms in total. The van der Waals surface area contributed by atoms with Crippen LogP contribution < -0.4 is 9.62 Å². The molecule has 0 amide bonds. The van der Waals surface area contributed by atoms with Gasteiger partial charge >= 0.3 is 5.97 Å². The van der Waals surface area contributed by atoms with Gasteiger partial charge in [0.05, 0.1) is 23.7 Å². The van der Waals surface area contributed by atoms with E-state index in [2.05, 4.69) is 9.46 Å². The highest BCUT2D eigenvalue weighted by atomic mass is 32.2. The van der Waals surface area contributed by atoms with E-state index in [1.807, 2.05) is 31.1 Å². The summed E-state index contributed by atoms with van der Waals surface area (Å²) < 4.78 is 31.6. The molecule has 0 unspecified atom stereocenters. The van der Waals surface area contributed by atoms with Crippen molar-refractivity contribution in [3.8, 4) is 0 Å². The number of sulfonamides is 1. The SMILES string of the molecule is COC(=O)c1ccc(S(=O)(=O)NC[C@H](O)c2ccc(N(C)C)cc2)cc1. The molecule has 0 heterocycles. The second-order valence-electron chi connectivity index (χ2n) is 5.87. The Labute approximate surface area is 153 Å². The lowest BCUT2D eigenvalue weighted by molar-refractivity contribution is 0.0600. The van der Waals surface area contributed by atoms with Crippen molar-refractivity contribution >= 4 is 21.7 Å². The maximum absolute atomic E-state index is 12.3. The molecule has 2 aromatic rings. The van der Waals surface area contributed by atoms with Crippen LogP contribution in [0.25, 0.3) is 0 Å². The number of methoxy groups -OCH3 is 1. The van der Waals surface area contributed by atoms with Gasteiger partial charge in [-0.2, -0.15) is 0 Å². The minimum atomic E-state index is -3.80. The van der Waals surface area contributed by atoms with Crippen molar-refractivity contribution in [2.24, 2.45) is 0 Å². The van der Waals surface area contributed by atoms with Crippen molar-refractivity contribution < 1.29 is 23.1 Å². The van der Waals surface area contributed by atoms with Crippen molar-refractivity contribution in [3.05, 3.63) is 59.7 Å². The molecule has 0 saturated heterocycles. The highest BCUT2D eigenvalue weighted by Gasteiger charge is 2.17. The number of esters is 1. The predicted octanol–water partition coefficient (Wildman–Crippen LogP) is 1.55. The molecule has 0 saturated carbocycles. The first-order chi connectivity index (χ1) is 12.2. The predicted molar refractivity (Wildman–Crippen MR) is 98.7 cm³/mol. The minimum Gasteiger partial charge on any atom is -0.465 e. The first-order valence-corrected chi connectivity index (χ1v) is 9.36. The molecule has 0 aliphatic heterocycles. The molecule has 0 aliphatic rings. The summed E-state index contributed by atoms with van der Waals surface area (Å²) >= 11 is 0. The van der Waals surface area contributed by atoms with E-state index in [0.29, 0.717) is 5.56 Å². The molecule has 140 valence electrons. The first kappa shape index (κ1) is 19.9. The summed E-state index contributed by atoms with van der Waals surface area (Å²) in [4.78, 5) is 13.3. The van der Waals surface area contributed by atoms with E-state index in [-0.39, 0.29) is 17.0 Å². The highest BCUT2D eigenvalue weighted by molar-refractivity contribution is 7.89. The second kappa shape index (κ2) is 8.31. The Morgan fingerprint density at radius 2 is 1.69 bits per heavy atom. The summed E-state index contributed by atoms with van der Waals surface area (Å²) in [5, 5.41) is 10.2. The van der Waals surface area contributed by atoms with E-state index in [0.717, 1.165) is 5.69 Å². The van der Waals surface area contributed by atoms with E-state index in [4.69, 9.17) is 0 Å². The minimum absolute atomic E-state index is 0.000286. The number of nitrogens with zero attached hydrogens (tertiary/aromatic N) is 1. The molecular weight excluding hydrogens is 356 g/mol. The lowest BCUT2D eigenvalue weighted by atomic mass is 10.1. The monoisotopic (exact) mass is 378 g/mol. The average molecular weight is 378 g/mol. The van der Waals surface area contributed by atoms with Crippen molar-refractivity contribution in [3.63, 3.8) is 0 Å². The van der Waals surface area contributed by atoms with Crippen LogP contribution >= 0.6 is 0 Å². The Balaban J connectivity index is 2.03. The van der Waals surface area contributed by atoms with Gasteiger partial charge in [-0.25, -0.2) is 17.9 Å². The number of nitrogens with one attached hydrogen (secondary N) is 1. The number of rotatable bonds is 7. The van der Waals surface area contributed by atoms with Gasteiger partial charge in [-0.1, -0.05) is 12.1 Å². The number of hydrogen-bond acceptors (Lipinski definition) is 6. The third kappa shape index (κ3) is 4.81. The Bertz CT molecular complexity index is 846. The third-order valence-corrected chi connectivity index (χ3v) is 5.29. The van der Waals surface area contributed by atoms with Crippen molar-refractivity contribution in [2.75, 3.05) is 32.6 Å². The number of carbonyl (C=O) groups is 1. The standard InChI is InChI=1S/C18H22N2O5S/c1-20(2)15-8-4-13(5-9-15)17(21)12-19-26(23,24)16-10-6-14(7-11-16)18(22)25-3/h4-11,17,19,21H,12H2,1-3H3/t17-/m0/s1. The van der Waals surface area contributed by atoms with Gasteiger partial charge in [0.2, 0.25) is 10.0 Å². The Morgan fingerprint density at radius 1 is 1.12 bits per heavy atom. The molecule has 8 heteroatoms. The van der Waals surface area contributed by atoms with Crippen LogP contribution in [0.5, 0.6) is 0 Å². The quantitative estimate of drug-likeness (QED) is 0.710. The van der Waals surface area contributed by atoms with E-state index >= 15 is 0 Å². The number of aliphatic hydroxyl groups excluding tert-OH is 1. The molecule has 0 aliphatic carbocycles. The summed E-state index contributed by atoms with van der Waals surface area (Å²) in [5.41, 5.74) is 1.85. The zero-order valence-electron chi connectivity index (χ0n) is 14.8. The molecule has 2 aromatic carbocycles. The van der Waals surface area contributed by atoms with Gasteiger partial charge in [0.25, 0.3) is 0 Å². The van der Waals surface area contributed by atoms with Gasteiger partial charge < -0.3 is 14.7 Å². The molecule has 2 N–H and O–H groups in total. The number of carbonyl (C=O) groups excluding carboxylic acids is 1. The lowest BCUT2D eigenvalue weighted by Crippen LogP contribution is -2.28. The third-order valence-electron chi connectivity index (χ3n) is 3.85. The molecule has 1 atom stereocenters. The fourth-order valence-corrected chi connectivity index (χ4v) is 3.31. The number of benzene rings is 2. The largest absolute Gasteiger partial charge is 0.465 e. The van der Waals surface area contributed by atoms with E-state index in [1.165, 1.54) is 31.4 Å². The van der Waals surface area contributed by atoms with E-state index < -0.39 is 22.1 Å². The molecule has 2 rings (SSSR count). The van der Waals surface area contributed by atoms with Gasteiger partial charge in [0.1, 0.15) is 0 Å². The Kier molecular flexibility index (Phi) is 6.36. The average Bonchev–Trinajstić information content (AvgIpc) is 2.65. The van der Waals surface area contributed by atoms with Gasteiger partial charge in [0, 0.05) is 26.3 Å². The molecule has 0 spiro atoms. The highest BCUT2D eigenvalue weighted by Crippen LogP contribution is 2.18. The molecule has 0 aromatic heterocycles. The maximum atomic E-state index is 12.3. The van der Waals surface area contributed by atoms with Gasteiger partial charge in [-0.3, -0.25) is 0 Å². The summed E-state index contributed by atoms with van der Waals surface area (Å²) in [7, 11) is 1.26. The van der Waals surface area contributed by atoms with Crippen LogP contribution in [-0.2, 0) is 14.8 Å². The van der Waals surface area contributed by atoms with Crippen LogP contribution in [-0.4, -0.2) is 47.2 Å². The molecule has 0 radical (unpaired) electrons. The summed E-state index contributed by atoms with van der Waals surface area (Å²) in [6, 6.07) is 12.6. The molecule has 26 heavy (non-hydrogen) atoms. The van der Waals surface area contributed by atoms with Crippen molar-refractivity contribution in [1.29, 1.82) is 0 Å². The number of anilines is 1. The molecule has 0 bridgehead atoms. The van der Waals surface area contributed by atoms with E-state index in [1.54, 1.807) is 12.1 Å². The van der Waals surface area contributed by atoms with Gasteiger partial charge in [-0.05, 0) is 42.0 Å². The smallest absolute Gasteiger partial charge is 0.337 e. The van der Waals surface area contributed by atoms with Crippen LogP contribution in [0.2, 0.25) is 0 Å². The number of ether oxygens (including phenoxy) is 1. The summed E-state index contributed by atoms with van der Waals surface area (Å²) in [6.45, 7) is -0.164. The topological polar surface area (TPSA) is 95.9 Å². The van der Waals surface area contributed by atoms with Gasteiger partial charge in [0.15, 0.2) is 0 Å². The van der Waals surface area contributed by atoms with Crippen molar-refractivity contribution in [1.82, 2.24) is 4.72 Å².